The first-order valence-corrected chi connectivity index (χ1v) is 6.98. The molecule has 102 valence electrons. The van der Waals surface area contributed by atoms with Crippen molar-refractivity contribution in [1.29, 1.82) is 0 Å². The molecule has 0 spiro atoms. The quantitative estimate of drug-likeness (QED) is 0.701. The molecular formula is C17H18N2O. The average molecular weight is 266 g/mol. The third-order valence-corrected chi connectivity index (χ3v) is 3.27. The van der Waals surface area contributed by atoms with Gasteiger partial charge in [-0.15, -0.1) is 0 Å². The fraction of sp³-hybridized carbons (Fsp3) is 0.235. The van der Waals surface area contributed by atoms with Crippen molar-refractivity contribution in [2.45, 2.75) is 19.9 Å². The van der Waals surface area contributed by atoms with Crippen LogP contribution in [0.2, 0.25) is 0 Å². The fourth-order valence-electron chi connectivity index (χ4n) is 2.29. The van der Waals surface area contributed by atoms with Gasteiger partial charge in [0, 0.05) is 23.3 Å². The van der Waals surface area contributed by atoms with Gasteiger partial charge in [-0.2, -0.15) is 0 Å². The van der Waals surface area contributed by atoms with E-state index in [-0.39, 0.29) is 0 Å². The number of rotatable bonds is 5. The van der Waals surface area contributed by atoms with Gasteiger partial charge in [0.15, 0.2) is 0 Å². The van der Waals surface area contributed by atoms with Crippen LogP contribution in [0.3, 0.4) is 0 Å². The van der Waals surface area contributed by atoms with E-state index in [1.165, 1.54) is 10.9 Å². The van der Waals surface area contributed by atoms with Crippen LogP contribution in [0, 0.1) is 0 Å². The minimum absolute atomic E-state index is 0.764. The summed E-state index contributed by atoms with van der Waals surface area (Å²) in [6, 6.07) is 14.4. The maximum absolute atomic E-state index is 5.67. The van der Waals surface area contributed by atoms with Crippen molar-refractivity contribution >= 4 is 10.9 Å². The molecule has 0 unspecified atom stereocenters. The number of aromatic nitrogens is 2. The molecule has 0 bridgehead atoms. The molecule has 0 saturated heterocycles. The summed E-state index contributed by atoms with van der Waals surface area (Å²) in [5.41, 5.74) is 2.27. The normalized spacial score (nSPS) is 10.8. The number of benzene rings is 1. The van der Waals surface area contributed by atoms with Crippen LogP contribution in [-0.4, -0.2) is 16.2 Å². The van der Waals surface area contributed by atoms with E-state index < -0.39 is 0 Å². The van der Waals surface area contributed by atoms with Crippen molar-refractivity contribution in [2.75, 3.05) is 6.61 Å². The average Bonchev–Trinajstić information content (AvgIpc) is 2.89. The summed E-state index contributed by atoms with van der Waals surface area (Å²) < 4.78 is 7.88. The molecule has 0 fully saturated rings. The van der Waals surface area contributed by atoms with E-state index in [1.54, 1.807) is 0 Å². The van der Waals surface area contributed by atoms with E-state index in [0.29, 0.717) is 0 Å². The molecule has 0 radical (unpaired) electrons. The number of nitrogens with zero attached hydrogens (tertiary/aromatic N) is 2. The number of pyridine rings is 1. The molecular weight excluding hydrogens is 248 g/mol. The summed E-state index contributed by atoms with van der Waals surface area (Å²) in [6.45, 7) is 3.67. The van der Waals surface area contributed by atoms with Gasteiger partial charge >= 0.3 is 0 Å². The zero-order chi connectivity index (χ0) is 13.8. The minimum Gasteiger partial charge on any atom is -0.494 e. The molecule has 2 aromatic heterocycles. The van der Waals surface area contributed by atoms with Crippen LogP contribution in [0.25, 0.3) is 10.9 Å². The first kappa shape index (κ1) is 12.7. The molecule has 2 heterocycles. The lowest BCUT2D eigenvalue weighted by molar-refractivity contribution is 0.318. The van der Waals surface area contributed by atoms with E-state index >= 15 is 0 Å². The number of ether oxygens (including phenoxy) is 1. The van der Waals surface area contributed by atoms with E-state index in [4.69, 9.17) is 4.74 Å². The summed E-state index contributed by atoms with van der Waals surface area (Å²) in [6.07, 6.45) is 4.96. The Morgan fingerprint density at radius 2 is 2.10 bits per heavy atom. The molecule has 3 aromatic rings. The highest BCUT2D eigenvalue weighted by molar-refractivity contribution is 5.81. The monoisotopic (exact) mass is 266 g/mol. The lowest BCUT2D eigenvalue weighted by Crippen LogP contribution is -1.99. The van der Waals surface area contributed by atoms with Gasteiger partial charge in [-0.25, -0.2) is 0 Å². The highest BCUT2D eigenvalue weighted by Gasteiger charge is 2.04. The van der Waals surface area contributed by atoms with Gasteiger partial charge in [0.25, 0.3) is 0 Å². The minimum atomic E-state index is 0.764. The molecule has 0 amide bonds. The number of fused-ring (bicyclic) bond motifs is 1. The molecule has 0 aliphatic rings. The van der Waals surface area contributed by atoms with Gasteiger partial charge in [0.2, 0.25) is 0 Å². The predicted molar refractivity (Wildman–Crippen MR) is 81.1 cm³/mol. The Kier molecular flexibility index (Phi) is 3.68. The van der Waals surface area contributed by atoms with Crippen molar-refractivity contribution in [3.63, 3.8) is 0 Å². The molecule has 20 heavy (non-hydrogen) atoms. The van der Waals surface area contributed by atoms with Gasteiger partial charge < -0.3 is 9.30 Å². The lowest BCUT2D eigenvalue weighted by atomic mass is 10.2. The zero-order valence-corrected chi connectivity index (χ0v) is 11.6. The molecule has 3 nitrogen and oxygen atoms in total. The third kappa shape index (κ3) is 2.67. The van der Waals surface area contributed by atoms with E-state index in [2.05, 4.69) is 40.9 Å². The molecule has 0 saturated carbocycles. The first-order valence-electron chi connectivity index (χ1n) is 6.98. The topological polar surface area (TPSA) is 27.1 Å². The van der Waals surface area contributed by atoms with Gasteiger partial charge in [-0.3, -0.25) is 4.98 Å². The van der Waals surface area contributed by atoms with Crippen LogP contribution >= 0.6 is 0 Å². The van der Waals surface area contributed by atoms with Crippen LogP contribution < -0.4 is 4.74 Å². The lowest BCUT2D eigenvalue weighted by Gasteiger charge is -2.07. The summed E-state index contributed by atoms with van der Waals surface area (Å²) in [5, 5.41) is 1.20. The van der Waals surface area contributed by atoms with E-state index in [9.17, 15) is 0 Å². The SMILES string of the molecule is CCCOc1ccc2c(ccn2Cc2ccccn2)c1. The summed E-state index contributed by atoms with van der Waals surface area (Å²) in [5.74, 6) is 0.940. The smallest absolute Gasteiger partial charge is 0.120 e. The molecule has 0 N–H and O–H groups in total. The van der Waals surface area contributed by atoms with Crippen molar-refractivity contribution in [1.82, 2.24) is 9.55 Å². The molecule has 1 aromatic carbocycles. The second-order valence-electron chi connectivity index (χ2n) is 4.83. The second-order valence-corrected chi connectivity index (χ2v) is 4.83. The zero-order valence-electron chi connectivity index (χ0n) is 11.6. The number of hydrogen-bond acceptors (Lipinski definition) is 2. The molecule has 3 rings (SSSR count). The van der Waals surface area contributed by atoms with Gasteiger partial charge in [0.05, 0.1) is 18.8 Å². The Balaban J connectivity index is 1.86. The highest BCUT2D eigenvalue weighted by atomic mass is 16.5. The second kappa shape index (κ2) is 5.78. The largest absolute Gasteiger partial charge is 0.494 e. The molecule has 3 heteroatoms. The van der Waals surface area contributed by atoms with Crippen molar-refractivity contribution in [2.24, 2.45) is 0 Å². The van der Waals surface area contributed by atoms with E-state index in [1.807, 2.05) is 30.5 Å². The van der Waals surface area contributed by atoms with Gasteiger partial charge in [-0.1, -0.05) is 13.0 Å². The van der Waals surface area contributed by atoms with Crippen molar-refractivity contribution < 1.29 is 4.74 Å². The first-order chi connectivity index (χ1) is 9.86. The van der Waals surface area contributed by atoms with Gasteiger partial charge in [-0.05, 0) is 42.8 Å². The van der Waals surface area contributed by atoms with E-state index in [0.717, 1.165) is 31.0 Å². The van der Waals surface area contributed by atoms with Gasteiger partial charge in [0.1, 0.15) is 5.75 Å². The number of hydrogen-bond donors (Lipinski definition) is 0. The highest BCUT2D eigenvalue weighted by Crippen LogP contribution is 2.22. The summed E-state index contributed by atoms with van der Waals surface area (Å²) in [4.78, 5) is 4.37. The van der Waals surface area contributed by atoms with Crippen molar-refractivity contribution in [3.05, 3.63) is 60.6 Å². The summed E-state index contributed by atoms with van der Waals surface area (Å²) in [7, 11) is 0. The Bertz CT molecular complexity index is 689. The van der Waals surface area contributed by atoms with Crippen LogP contribution in [0.4, 0.5) is 0 Å². The van der Waals surface area contributed by atoms with Crippen molar-refractivity contribution in [3.8, 4) is 5.75 Å². The van der Waals surface area contributed by atoms with Crippen LogP contribution in [-0.2, 0) is 6.54 Å². The molecule has 0 atom stereocenters. The molecule has 0 aliphatic carbocycles. The maximum atomic E-state index is 5.67. The Labute approximate surface area is 118 Å². The maximum Gasteiger partial charge on any atom is 0.120 e. The van der Waals surface area contributed by atoms with Crippen LogP contribution in [0.15, 0.2) is 54.9 Å². The third-order valence-electron chi connectivity index (χ3n) is 3.27. The summed E-state index contributed by atoms with van der Waals surface area (Å²) >= 11 is 0. The Morgan fingerprint density at radius 3 is 2.90 bits per heavy atom. The standard InChI is InChI=1S/C17H18N2O/c1-2-11-20-16-6-7-17-14(12-16)8-10-19(17)13-15-5-3-4-9-18-15/h3-10,12H,2,11,13H2,1H3. The fourth-order valence-corrected chi connectivity index (χ4v) is 2.29. The Morgan fingerprint density at radius 1 is 1.15 bits per heavy atom. The molecule has 0 aliphatic heterocycles. The predicted octanol–water partition coefficient (Wildman–Crippen LogP) is 3.87. The Hall–Kier alpha value is -2.29. The van der Waals surface area contributed by atoms with Crippen LogP contribution in [0.1, 0.15) is 19.0 Å². The van der Waals surface area contributed by atoms with Crippen LogP contribution in [0.5, 0.6) is 5.75 Å².